The highest BCUT2D eigenvalue weighted by molar-refractivity contribution is 5.96. The van der Waals surface area contributed by atoms with Crippen LogP contribution in [-0.2, 0) is 9.63 Å². The van der Waals surface area contributed by atoms with Crippen molar-refractivity contribution in [3.8, 4) is 5.75 Å². The Bertz CT molecular complexity index is 431. The summed E-state index contributed by atoms with van der Waals surface area (Å²) >= 11 is 0. The lowest BCUT2D eigenvalue weighted by molar-refractivity contribution is -0.130. The molecule has 0 radical (unpaired) electrons. The van der Waals surface area contributed by atoms with Crippen LogP contribution >= 0.6 is 0 Å². The van der Waals surface area contributed by atoms with Gasteiger partial charge in [0.2, 0.25) is 0 Å². The molecule has 20 heavy (non-hydrogen) atoms. The van der Waals surface area contributed by atoms with Gasteiger partial charge in [0.15, 0.2) is 0 Å². The molecule has 1 aromatic carbocycles. The summed E-state index contributed by atoms with van der Waals surface area (Å²) in [4.78, 5) is 27.3. The van der Waals surface area contributed by atoms with Gasteiger partial charge in [-0.3, -0.25) is 14.4 Å². The number of unbranched alkanes of at least 4 members (excludes halogenated alkanes) is 1. The first kappa shape index (κ1) is 16.0. The molecule has 0 aliphatic carbocycles. The fourth-order valence-electron chi connectivity index (χ4n) is 1.45. The Morgan fingerprint density at radius 2 is 1.90 bits per heavy atom. The number of hydroxylamine groups is 1. The summed E-state index contributed by atoms with van der Waals surface area (Å²) in [7, 11) is 1.33. The Balaban J connectivity index is 2.42. The molecule has 1 aromatic rings. The van der Waals surface area contributed by atoms with Crippen molar-refractivity contribution in [3.05, 3.63) is 29.8 Å². The van der Waals surface area contributed by atoms with Crippen molar-refractivity contribution in [3.63, 3.8) is 0 Å². The average Bonchev–Trinajstić information content (AvgIpc) is 2.46. The molecular weight excluding hydrogens is 260 g/mol. The first-order valence-corrected chi connectivity index (χ1v) is 6.50. The predicted octanol–water partition coefficient (Wildman–Crippen LogP) is 1.27. The Hall–Kier alpha value is -2.08. The van der Waals surface area contributed by atoms with E-state index in [0.717, 1.165) is 18.6 Å². The lowest BCUT2D eigenvalue weighted by atomic mass is 10.2. The van der Waals surface area contributed by atoms with Gasteiger partial charge in [0.05, 0.1) is 20.3 Å². The van der Waals surface area contributed by atoms with Crippen LogP contribution in [0.1, 0.15) is 30.1 Å². The molecule has 0 heterocycles. The van der Waals surface area contributed by atoms with E-state index in [4.69, 9.17) is 4.74 Å². The molecule has 0 atom stereocenters. The summed E-state index contributed by atoms with van der Waals surface area (Å²) in [6, 6.07) is 6.79. The average molecular weight is 280 g/mol. The van der Waals surface area contributed by atoms with Crippen LogP contribution in [-0.4, -0.2) is 32.1 Å². The van der Waals surface area contributed by atoms with Crippen molar-refractivity contribution >= 4 is 11.8 Å². The molecule has 6 nitrogen and oxygen atoms in total. The first-order chi connectivity index (χ1) is 9.67. The van der Waals surface area contributed by atoms with Gasteiger partial charge in [-0.15, -0.1) is 0 Å². The van der Waals surface area contributed by atoms with Crippen molar-refractivity contribution in [2.75, 3.05) is 20.3 Å². The van der Waals surface area contributed by atoms with Crippen molar-refractivity contribution in [2.24, 2.45) is 0 Å². The fourth-order valence-corrected chi connectivity index (χ4v) is 1.45. The normalized spacial score (nSPS) is 9.90. The van der Waals surface area contributed by atoms with Gasteiger partial charge >= 0.3 is 0 Å². The quantitative estimate of drug-likeness (QED) is 0.555. The van der Waals surface area contributed by atoms with Crippen LogP contribution in [0.2, 0.25) is 0 Å². The Kier molecular flexibility index (Phi) is 7.13. The number of carbonyl (C=O) groups excluding carboxylic acids is 2. The molecule has 0 spiro atoms. The van der Waals surface area contributed by atoms with Crippen molar-refractivity contribution in [1.82, 2.24) is 10.8 Å². The SMILES string of the molecule is CCCCOc1ccc(C(=O)NCC(=O)NOC)cc1. The molecule has 110 valence electrons. The predicted molar refractivity (Wildman–Crippen MR) is 74.3 cm³/mol. The zero-order chi connectivity index (χ0) is 14.8. The van der Waals surface area contributed by atoms with Crippen molar-refractivity contribution in [2.45, 2.75) is 19.8 Å². The van der Waals surface area contributed by atoms with E-state index in [1.807, 2.05) is 0 Å². The third kappa shape index (κ3) is 5.71. The van der Waals surface area contributed by atoms with Crippen molar-refractivity contribution < 1.29 is 19.2 Å². The number of ether oxygens (including phenoxy) is 1. The lowest BCUT2D eigenvalue weighted by Crippen LogP contribution is -2.36. The molecule has 0 unspecified atom stereocenters. The maximum Gasteiger partial charge on any atom is 0.262 e. The van der Waals surface area contributed by atoms with Crippen LogP contribution in [0.15, 0.2) is 24.3 Å². The van der Waals surface area contributed by atoms with Gasteiger partial charge in [-0.1, -0.05) is 13.3 Å². The van der Waals surface area contributed by atoms with Gasteiger partial charge in [-0.2, -0.15) is 0 Å². The maximum atomic E-state index is 11.8. The van der Waals surface area contributed by atoms with Gasteiger partial charge in [0.25, 0.3) is 11.8 Å². The van der Waals surface area contributed by atoms with Gasteiger partial charge in [0, 0.05) is 5.56 Å². The van der Waals surface area contributed by atoms with Gasteiger partial charge in [-0.25, -0.2) is 5.48 Å². The first-order valence-electron chi connectivity index (χ1n) is 6.50. The van der Waals surface area contributed by atoms with Gasteiger partial charge in [-0.05, 0) is 30.7 Å². The maximum absolute atomic E-state index is 11.8. The second-order valence-electron chi connectivity index (χ2n) is 4.14. The largest absolute Gasteiger partial charge is 0.494 e. The van der Waals surface area contributed by atoms with Crippen LogP contribution in [0.4, 0.5) is 0 Å². The number of carbonyl (C=O) groups is 2. The Labute approximate surface area is 118 Å². The molecule has 0 aliphatic heterocycles. The number of hydrogen-bond acceptors (Lipinski definition) is 4. The van der Waals surface area contributed by atoms with E-state index in [-0.39, 0.29) is 12.5 Å². The minimum atomic E-state index is -0.416. The molecular formula is C14H20N2O4. The molecule has 0 fully saturated rings. The number of amides is 2. The van der Waals surface area contributed by atoms with Crippen molar-refractivity contribution in [1.29, 1.82) is 0 Å². The summed E-state index contributed by atoms with van der Waals surface area (Å²) in [6.07, 6.45) is 2.07. The zero-order valence-electron chi connectivity index (χ0n) is 11.8. The van der Waals surface area contributed by atoms with E-state index in [1.54, 1.807) is 24.3 Å². The highest BCUT2D eigenvalue weighted by Crippen LogP contribution is 2.12. The number of benzene rings is 1. The summed E-state index contributed by atoms with van der Waals surface area (Å²) in [5.41, 5.74) is 2.59. The second-order valence-corrected chi connectivity index (χ2v) is 4.14. The fraction of sp³-hybridized carbons (Fsp3) is 0.429. The summed E-state index contributed by atoms with van der Waals surface area (Å²) < 4.78 is 5.50. The summed E-state index contributed by atoms with van der Waals surface area (Å²) in [5, 5.41) is 2.48. The molecule has 2 amide bonds. The van der Waals surface area contributed by atoms with E-state index in [1.165, 1.54) is 7.11 Å². The van der Waals surface area contributed by atoms with Crippen LogP contribution in [0.25, 0.3) is 0 Å². The molecule has 0 saturated carbocycles. The van der Waals surface area contributed by atoms with Crippen LogP contribution in [0.5, 0.6) is 5.75 Å². The minimum Gasteiger partial charge on any atom is -0.494 e. The highest BCUT2D eigenvalue weighted by Gasteiger charge is 2.07. The number of rotatable bonds is 8. The molecule has 2 N–H and O–H groups in total. The molecule has 0 saturated heterocycles. The van der Waals surface area contributed by atoms with Crippen LogP contribution < -0.4 is 15.5 Å². The molecule has 0 aliphatic rings. The molecule has 0 aromatic heterocycles. The Morgan fingerprint density at radius 1 is 1.20 bits per heavy atom. The molecule has 6 heteroatoms. The number of nitrogens with one attached hydrogen (secondary N) is 2. The third-order valence-corrected chi connectivity index (χ3v) is 2.51. The van der Waals surface area contributed by atoms with Crippen LogP contribution in [0.3, 0.4) is 0 Å². The summed E-state index contributed by atoms with van der Waals surface area (Å²) in [6.45, 7) is 2.62. The number of hydrogen-bond donors (Lipinski definition) is 2. The monoisotopic (exact) mass is 280 g/mol. The van der Waals surface area contributed by atoms with E-state index in [9.17, 15) is 9.59 Å². The lowest BCUT2D eigenvalue weighted by Gasteiger charge is -2.07. The topological polar surface area (TPSA) is 76.7 Å². The summed E-state index contributed by atoms with van der Waals surface area (Å²) in [5.74, 6) is -0.0103. The highest BCUT2D eigenvalue weighted by atomic mass is 16.6. The molecule has 0 bridgehead atoms. The zero-order valence-corrected chi connectivity index (χ0v) is 11.8. The van der Waals surface area contributed by atoms with E-state index < -0.39 is 5.91 Å². The minimum absolute atomic E-state index is 0.137. The van der Waals surface area contributed by atoms with Gasteiger partial charge in [0.1, 0.15) is 5.75 Å². The van der Waals surface area contributed by atoms with E-state index in [0.29, 0.717) is 12.2 Å². The van der Waals surface area contributed by atoms with Crippen LogP contribution in [0, 0.1) is 0 Å². The second kappa shape index (κ2) is 8.92. The smallest absolute Gasteiger partial charge is 0.262 e. The third-order valence-electron chi connectivity index (χ3n) is 2.51. The Morgan fingerprint density at radius 3 is 2.50 bits per heavy atom. The van der Waals surface area contributed by atoms with E-state index >= 15 is 0 Å². The van der Waals surface area contributed by atoms with E-state index in [2.05, 4.69) is 22.6 Å². The molecule has 1 rings (SSSR count). The van der Waals surface area contributed by atoms with Gasteiger partial charge < -0.3 is 10.1 Å². The standard InChI is InChI=1S/C14H20N2O4/c1-3-4-9-20-12-7-5-11(6-8-12)14(18)15-10-13(17)16-19-2/h5-8H,3-4,9-10H2,1-2H3,(H,15,18)(H,16,17).